The lowest BCUT2D eigenvalue weighted by molar-refractivity contribution is 0.315. The molecule has 15 heavy (non-hydrogen) atoms. The standard InChI is InChI=1S/C13H20OSi/c1-4-11-14-15(2,3)12-10-13-8-6-5-7-9-13/h5-10,12H,4,11H2,1-3H3. The molecule has 2 heteroatoms. The van der Waals surface area contributed by atoms with Crippen LogP contribution in [0.15, 0.2) is 36.0 Å². The van der Waals surface area contributed by atoms with Gasteiger partial charge in [-0.15, -0.1) is 0 Å². The van der Waals surface area contributed by atoms with Crippen molar-refractivity contribution in [1.29, 1.82) is 0 Å². The molecule has 1 aromatic carbocycles. The van der Waals surface area contributed by atoms with Crippen molar-refractivity contribution in [2.45, 2.75) is 26.4 Å². The van der Waals surface area contributed by atoms with Gasteiger partial charge in [-0.3, -0.25) is 0 Å². The molecule has 0 N–H and O–H groups in total. The molecule has 0 saturated heterocycles. The molecule has 0 spiro atoms. The fourth-order valence-electron chi connectivity index (χ4n) is 1.27. The molecule has 0 amide bonds. The van der Waals surface area contributed by atoms with Gasteiger partial charge in [-0.2, -0.15) is 0 Å². The van der Waals surface area contributed by atoms with Gasteiger partial charge in [0.25, 0.3) is 0 Å². The van der Waals surface area contributed by atoms with Crippen LogP contribution in [0, 0.1) is 0 Å². The van der Waals surface area contributed by atoms with Crippen LogP contribution in [-0.2, 0) is 4.43 Å². The van der Waals surface area contributed by atoms with Gasteiger partial charge >= 0.3 is 0 Å². The molecule has 0 atom stereocenters. The minimum absolute atomic E-state index is 0.873. The van der Waals surface area contributed by atoms with E-state index in [1.54, 1.807) is 0 Å². The molecule has 0 bridgehead atoms. The van der Waals surface area contributed by atoms with Crippen molar-refractivity contribution in [3.63, 3.8) is 0 Å². The molecule has 1 rings (SSSR count). The van der Waals surface area contributed by atoms with Crippen LogP contribution in [-0.4, -0.2) is 14.9 Å². The van der Waals surface area contributed by atoms with Crippen molar-refractivity contribution in [1.82, 2.24) is 0 Å². The summed E-state index contributed by atoms with van der Waals surface area (Å²) in [7, 11) is -1.59. The minimum Gasteiger partial charge on any atom is -0.414 e. The lowest BCUT2D eigenvalue weighted by Gasteiger charge is -2.17. The van der Waals surface area contributed by atoms with Gasteiger partial charge in [-0.05, 0) is 25.1 Å². The summed E-state index contributed by atoms with van der Waals surface area (Å²) >= 11 is 0. The van der Waals surface area contributed by atoms with Crippen molar-refractivity contribution in [2.75, 3.05) is 6.61 Å². The Morgan fingerprint density at radius 1 is 1.20 bits per heavy atom. The second kappa shape index (κ2) is 5.88. The highest BCUT2D eigenvalue weighted by Gasteiger charge is 2.17. The minimum atomic E-state index is -1.59. The van der Waals surface area contributed by atoms with E-state index in [0.29, 0.717) is 0 Å². The van der Waals surface area contributed by atoms with Gasteiger partial charge in [0.05, 0.1) is 0 Å². The Morgan fingerprint density at radius 2 is 1.87 bits per heavy atom. The largest absolute Gasteiger partial charge is 0.414 e. The maximum atomic E-state index is 5.85. The van der Waals surface area contributed by atoms with Crippen molar-refractivity contribution in [3.8, 4) is 0 Å². The third-order valence-electron chi connectivity index (χ3n) is 2.15. The predicted octanol–water partition coefficient (Wildman–Crippen LogP) is 3.87. The summed E-state index contributed by atoms with van der Waals surface area (Å²) in [4.78, 5) is 0. The van der Waals surface area contributed by atoms with Crippen molar-refractivity contribution in [2.24, 2.45) is 0 Å². The summed E-state index contributed by atoms with van der Waals surface area (Å²) in [5, 5.41) is 0. The van der Waals surface area contributed by atoms with Crippen LogP contribution in [0.3, 0.4) is 0 Å². The van der Waals surface area contributed by atoms with Gasteiger partial charge < -0.3 is 4.43 Å². The Morgan fingerprint density at radius 3 is 2.47 bits per heavy atom. The van der Waals surface area contributed by atoms with E-state index in [-0.39, 0.29) is 0 Å². The number of rotatable bonds is 5. The van der Waals surface area contributed by atoms with Crippen LogP contribution in [0.25, 0.3) is 6.08 Å². The molecule has 0 unspecified atom stereocenters. The molecule has 1 nitrogen and oxygen atoms in total. The van der Waals surface area contributed by atoms with Crippen LogP contribution in [0.4, 0.5) is 0 Å². The van der Waals surface area contributed by atoms with Gasteiger partial charge in [0.15, 0.2) is 0 Å². The highest BCUT2D eigenvalue weighted by molar-refractivity contribution is 6.76. The first-order valence-electron chi connectivity index (χ1n) is 5.52. The zero-order valence-corrected chi connectivity index (χ0v) is 10.9. The average Bonchev–Trinajstić information content (AvgIpc) is 2.25. The number of hydrogen-bond donors (Lipinski definition) is 0. The van der Waals surface area contributed by atoms with E-state index in [9.17, 15) is 0 Å². The zero-order chi connectivity index (χ0) is 11.1. The molecule has 0 aliphatic heterocycles. The predicted molar refractivity (Wildman–Crippen MR) is 69.2 cm³/mol. The van der Waals surface area contributed by atoms with E-state index in [4.69, 9.17) is 4.43 Å². The topological polar surface area (TPSA) is 9.23 Å². The van der Waals surface area contributed by atoms with E-state index in [0.717, 1.165) is 13.0 Å². The van der Waals surface area contributed by atoms with Gasteiger partial charge in [0, 0.05) is 6.61 Å². The highest BCUT2D eigenvalue weighted by atomic mass is 28.4. The van der Waals surface area contributed by atoms with Crippen molar-refractivity contribution >= 4 is 14.4 Å². The fraction of sp³-hybridized carbons (Fsp3) is 0.385. The van der Waals surface area contributed by atoms with E-state index in [1.807, 2.05) is 6.07 Å². The second-order valence-corrected chi connectivity index (χ2v) is 8.02. The molecule has 0 fully saturated rings. The first-order chi connectivity index (χ1) is 7.14. The Kier molecular flexibility index (Phi) is 4.79. The first kappa shape index (κ1) is 12.2. The maximum Gasteiger partial charge on any atom is 0.211 e. The maximum absolute atomic E-state index is 5.85. The Bertz CT molecular complexity index is 304. The molecule has 0 aliphatic carbocycles. The summed E-state index contributed by atoms with van der Waals surface area (Å²) in [5.41, 5.74) is 3.50. The summed E-state index contributed by atoms with van der Waals surface area (Å²) < 4.78 is 5.85. The fourth-order valence-corrected chi connectivity index (χ4v) is 2.69. The molecular formula is C13H20OSi. The summed E-state index contributed by atoms with van der Waals surface area (Å²) in [6.45, 7) is 7.47. The summed E-state index contributed by atoms with van der Waals surface area (Å²) in [5.74, 6) is 0. The molecule has 0 aliphatic rings. The molecule has 0 heterocycles. The van der Waals surface area contributed by atoms with Gasteiger partial charge in [-0.25, -0.2) is 0 Å². The van der Waals surface area contributed by atoms with Crippen molar-refractivity contribution in [3.05, 3.63) is 41.6 Å². The Labute approximate surface area is 93.9 Å². The smallest absolute Gasteiger partial charge is 0.211 e. The SMILES string of the molecule is CCCO[Si](C)(C)C=Cc1ccccc1. The van der Waals surface area contributed by atoms with Crippen LogP contribution < -0.4 is 0 Å². The molecule has 0 radical (unpaired) electrons. The van der Waals surface area contributed by atoms with E-state index >= 15 is 0 Å². The van der Waals surface area contributed by atoms with Crippen LogP contribution in [0.2, 0.25) is 13.1 Å². The second-order valence-electron chi connectivity index (χ2n) is 4.20. The Hall–Kier alpha value is -0.863. The third kappa shape index (κ3) is 4.95. The van der Waals surface area contributed by atoms with E-state index < -0.39 is 8.32 Å². The number of benzene rings is 1. The van der Waals surface area contributed by atoms with Crippen molar-refractivity contribution < 1.29 is 4.43 Å². The average molecular weight is 220 g/mol. The van der Waals surface area contributed by atoms with Crippen LogP contribution in [0.5, 0.6) is 0 Å². The molecule has 0 aromatic heterocycles. The lowest BCUT2D eigenvalue weighted by Crippen LogP contribution is -2.28. The molecule has 0 saturated carbocycles. The Balaban J connectivity index is 2.56. The molecular weight excluding hydrogens is 200 g/mol. The normalized spacial score (nSPS) is 12.2. The monoisotopic (exact) mass is 220 g/mol. The summed E-state index contributed by atoms with van der Waals surface area (Å²) in [6, 6.07) is 10.4. The first-order valence-corrected chi connectivity index (χ1v) is 8.51. The summed E-state index contributed by atoms with van der Waals surface area (Å²) in [6.07, 6.45) is 3.26. The highest BCUT2D eigenvalue weighted by Crippen LogP contribution is 2.10. The third-order valence-corrected chi connectivity index (χ3v) is 4.07. The number of hydrogen-bond acceptors (Lipinski definition) is 1. The van der Waals surface area contributed by atoms with Crippen LogP contribution in [0.1, 0.15) is 18.9 Å². The van der Waals surface area contributed by atoms with Crippen LogP contribution >= 0.6 is 0 Å². The molecule has 82 valence electrons. The zero-order valence-electron chi connectivity index (χ0n) is 9.86. The quantitative estimate of drug-likeness (QED) is 0.684. The van der Waals surface area contributed by atoms with E-state index in [2.05, 4.69) is 56.1 Å². The van der Waals surface area contributed by atoms with Gasteiger partial charge in [0.1, 0.15) is 0 Å². The van der Waals surface area contributed by atoms with Gasteiger partial charge in [0.2, 0.25) is 8.32 Å². The van der Waals surface area contributed by atoms with E-state index in [1.165, 1.54) is 5.56 Å². The van der Waals surface area contributed by atoms with Gasteiger partial charge in [-0.1, -0.05) is 49.0 Å². The lowest BCUT2D eigenvalue weighted by atomic mass is 10.2. The molecule has 1 aromatic rings.